The van der Waals surface area contributed by atoms with Gasteiger partial charge in [0.05, 0.1) is 12.7 Å². The van der Waals surface area contributed by atoms with Gasteiger partial charge in [-0.3, -0.25) is 9.59 Å². The number of ether oxygens (including phenoxy) is 2. The van der Waals surface area contributed by atoms with E-state index < -0.39 is 47.6 Å². The van der Waals surface area contributed by atoms with E-state index in [0.29, 0.717) is 19.3 Å². The lowest BCUT2D eigenvalue weighted by Crippen LogP contribution is -2.56. The summed E-state index contributed by atoms with van der Waals surface area (Å²) in [5, 5.41) is 15.9. The maximum Gasteiger partial charge on any atom is 0.408 e. The van der Waals surface area contributed by atoms with Crippen molar-refractivity contribution in [2.75, 3.05) is 13.2 Å². The van der Waals surface area contributed by atoms with Crippen molar-refractivity contribution < 1.29 is 33.8 Å². The van der Waals surface area contributed by atoms with Crippen molar-refractivity contribution in [3.05, 3.63) is 25.3 Å². The highest BCUT2D eigenvalue weighted by Gasteiger charge is 2.62. The van der Waals surface area contributed by atoms with E-state index in [1.54, 1.807) is 13.0 Å². The molecule has 0 aromatic carbocycles. The number of β-amino-alcohol motifs (C(OH)–C–C–N with tert-alkyl or cyclic N) is 1. The number of aliphatic hydroxyl groups is 1. The first kappa shape index (κ1) is 29.7. The minimum Gasteiger partial charge on any atom is -0.464 e. The van der Waals surface area contributed by atoms with E-state index in [2.05, 4.69) is 23.8 Å². The summed E-state index contributed by atoms with van der Waals surface area (Å²) in [4.78, 5) is 53.6. The van der Waals surface area contributed by atoms with Crippen LogP contribution < -0.4 is 10.6 Å². The summed E-state index contributed by atoms with van der Waals surface area (Å²) in [6.07, 6.45) is 9.48. The van der Waals surface area contributed by atoms with Gasteiger partial charge in [0.2, 0.25) is 11.8 Å². The Labute approximate surface area is 225 Å². The molecule has 2 aliphatic carbocycles. The van der Waals surface area contributed by atoms with Gasteiger partial charge in [-0.05, 0) is 58.3 Å². The van der Waals surface area contributed by atoms with Gasteiger partial charge in [-0.15, -0.1) is 13.2 Å². The molecule has 10 nitrogen and oxygen atoms in total. The van der Waals surface area contributed by atoms with Crippen molar-refractivity contribution in [2.24, 2.45) is 5.92 Å². The summed E-state index contributed by atoms with van der Waals surface area (Å²) in [6.45, 7) is 9.28. The van der Waals surface area contributed by atoms with Gasteiger partial charge in [-0.25, -0.2) is 9.59 Å². The van der Waals surface area contributed by atoms with Crippen LogP contribution in [0.1, 0.15) is 77.6 Å². The highest BCUT2D eigenvalue weighted by atomic mass is 16.6. The molecule has 3 rings (SSSR count). The lowest BCUT2D eigenvalue weighted by atomic mass is 10.0. The quantitative estimate of drug-likeness (QED) is 0.178. The number of nitrogens with one attached hydrogen (secondary N) is 2. The van der Waals surface area contributed by atoms with Gasteiger partial charge in [-0.1, -0.05) is 25.0 Å². The lowest BCUT2D eigenvalue weighted by Gasteiger charge is -2.30. The molecule has 0 unspecified atom stereocenters. The van der Waals surface area contributed by atoms with Crippen LogP contribution in [0.2, 0.25) is 0 Å². The largest absolute Gasteiger partial charge is 0.464 e. The average molecular weight is 534 g/mol. The number of unbranched alkanes of at least 4 members (excludes halogenated alkanes) is 3. The zero-order chi connectivity index (χ0) is 27.7. The van der Waals surface area contributed by atoms with Gasteiger partial charge in [-0.2, -0.15) is 0 Å². The number of nitrogens with zero attached hydrogens (tertiary/aromatic N) is 1. The standard InChI is InChI=1S/C28H43N3O7/c1-4-7-8-9-10-15-22(29-27(36)38-21-13-11-12-14-21)25(34)31-18-20(32)16-23(31)24(33)30-28(17-19(28)5-2)26(35)37-6-3/h4-5,19-23,32H,1-2,6-18H2,3H3,(H,29,36)(H,30,33)/t19-,20+,22+,23+,28-/m1/s1. The van der Waals surface area contributed by atoms with Gasteiger partial charge < -0.3 is 30.1 Å². The summed E-state index contributed by atoms with van der Waals surface area (Å²) < 4.78 is 10.7. The molecule has 1 aliphatic heterocycles. The molecule has 2 saturated carbocycles. The van der Waals surface area contributed by atoms with Crippen LogP contribution in [0.15, 0.2) is 25.3 Å². The Hall–Kier alpha value is -2.88. The predicted octanol–water partition coefficient (Wildman–Crippen LogP) is 2.75. The topological polar surface area (TPSA) is 134 Å². The molecular weight excluding hydrogens is 490 g/mol. The number of amides is 3. The summed E-state index contributed by atoms with van der Waals surface area (Å²) in [5.74, 6) is -1.79. The smallest absolute Gasteiger partial charge is 0.408 e. The predicted molar refractivity (Wildman–Crippen MR) is 141 cm³/mol. The molecule has 3 amide bonds. The Kier molecular flexibility index (Phi) is 10.8. The van der Waals surface area contributed by atoms with Gasteiger partial charge in [0, 0.05) is 18.9 Å². The van der Waals surface area contributed by atoms with Crippen molar-refractivity contribution in [3.63, 3.8) is 0 Å². The van der Waals surface area contributed by atoms with Crippen molar-refractivity contribution >= 4 is 23.9 Å². The number of likely N-dealkylation sites (tertiary alicyclic amines) is 1. The molecule has 0 radical (unpaired) electrons. The van der Waals surface area contributed by atoms with Crippen LogP contribution in [-0.4, -0.2) is 76.9 Å². The summed E-state index contributed by atoms with van der Waals surface area (Å²) in [7, 11) is 0. The van der Waals surface area contributed by atoms with Crippen molar-refractivity contribution in [3.8, 4) is 0 Å². The first-order valence-corrected chi connectivity index (χ1v) is 13.9. The third-order valence-corrected chi connectivity index (χ3v) is 7.72. The fourth-order valence-corrected chi connectivity index (χ4v) is 5.48. The maximum absolute atomic E-state index is 13.7. The number of aliphatic hydroxyl groups excluding tert-OH is 1. The molecule has 3 fully saturated rings. The summed E-state index contributed by atoms with van der Waals surface area (Å²) in [5.41, 5.74) is -1.20. The van der Waals surface area contributed by atoms with Gasteiger partial charge in [0.1, 0.15) is 23.7 Å². The van der Waals surface area contributed by atoms with Crippen molar-refractivity contribution in [1.29, 1.82) is 0 Å². The molecule has 212 valence electrons. The first-order valence-electron chi connectivity index (χ1n) is 13.9. The Bertz CT molecular complexity index is 888. The Morgan fingerprint density at radius 3 is 2.53 bits per heavy atom. The molecule has 3 N–H and O–H groups in total. The van der Waals surface area contributed by atoms with E-state index in [1.807, 2.05) is 6.08 Å². The second-order valence-corrected chi connectivity index (χ2v) is 10.6. The van der Waals surface area contributed by atoms with E-state index in [-0.39, 0.29) is 31.6 Å². The van der Waals surface area contributed by atoms with E-state index in [9.17, 15) is 24.3 Å². The van der Waals surface area contributed by atoms with E-state index in [4.69, 9.17) is 9.47 Å². The maximum atomic E-state index is 13.7. The normalized spacial score (nSPS) is 27.3. The van der Waals surface area contributed by atoms with Gasteiger partial charge in [0.15, 0.2) is 0 Å². The van der Waals surface area contributed by atoms with Crippen LogP contribution in [0.3, 0.4) is 0 Å². The highest BCUT2D eigenvalue weighted by molar-refractivity contribution is 5.96. The SMILES string of the molecule is C=CCCCCC[C@H](NC(=O)OC1CCCC1)C(=O)N1C[C@@H](O)C[C@H]1C(=O)N[C@]1(C(=O)OCC)C[C@H]1C=C. The van der Waals surface area contributed by atoms with Crippen molar-refractivity contribution in [2.45, 2.75) is 107 Å². The second-order valence-electron chi connectivity index (χ2n) is 10.6. The lowest BCUT2D eigenvalue weighted by molar-refractivity contribution is -0.150. The number of alkyl carbamates (subject to hydrolysis) is 1. The highest BCUT2D eigenvalue weighted by Crippen LogP contribution is 2.45. The molecule has 3 aliphatic rings. The van der Waals surface area contributed by atoms with Crippen LogP contribution in [0, 0.1) is 5.92 Å². The number of carbonyl (C=O) groups is 4. The molecule has 1 saturated heterocycles. The minimum atomic E-state index is -1.20. The van der Waals surface area contributed by atoms with E-state index in [0.717, 1.165) is 44.9 Å². The average Bonchev–Trinajstić information content (AvgIpc) is 3.16. The molecule has 0 bridgehead atoms. The van der Waals surface area contributed by atoms with Crippen LogP contribution in [0.5, 0.6) is 0 Å². The number of carbonyl (C=O) groups excluding carboxylic acids is 4. The molecule has 1 heterocycles. The third kappa shape index (κ3) is 7.36. The first-order chi connectivity index (χ1) is 18.2. The number of hydrogen-bond acceptors (Lipinski definition) is 7. The van der Waals surface area contributed by atoms with Gasteiger partial charge in [0.25, 0.3) is 0 Å². The fourth-order valence-electron chi connectivity index (χ4n) is 5.48. The number of rotatable bonds is 14. The molecule has 0 aromatic heterocycles. The van der Waals surface area contributed by atoms with Crippen LogP contribution in [0.25, 0.3) is 0 Å². The van der Waals surface area contributed by atoms with Crippen molar-refractivity contribution in [1.82, 2.24) is 15.5 Å². The molecular formula is C28H43N3O7. The molecule has 0 spiro atoms. The molecule has 0 aromatic rings. The molecule has 10 heteroatoms. The van der Waals surface area contributed by atoms with Crippen LogP contribution in [0.4, 0.5) is 4.79 Å². The number of hydrogen-bond donors (Lipinski definition) is 3. The van der Waals surface area contributed by atoms with Crippen LogP contribution >= 0.6 is 0 Å². The third-order valence-electron chi connectivity index (χ3n) is 7.72. The van der Waals surface area contributed by atoms with Crippen LogP contribution in [-0.2, 0) is 23.9 Å². The summed E-state index contributed by atoms with van der Waals surface area (Å²) in [6, 6.07) is -1.88. The number of allylic oxidation sites excluding steroid dienone is 1. The monoisotopic (exact) mass is 533 g/mol. The Morgan fingerprint density at radius 1 is 1.16 bits per heavy atom. The zero-order valence-corrected chi connectivity index (χ0v) is 22.5. The Morgan fingerprint density at radius 2 is 1.89 bits per heavy atom. The molecule has 5 atom stereocenters. The fraction of sp³-hybridized carbons (Fsp3) is 0.714. The Balaban J connectivity index is 1.70. The van der Waals surface area contributed by atoms with E-state index in [1.165, 1.54) is 4.90 Å². The molecule has 38 heavy (non-hydrogen) atoms. The second kappa shape index (κ2) is 13.8. The minimum absolute atomic E-state index is 0.0355. The van der Waals surface area contributed by atoms with E-state index >= 15 is 0 Å². The number of esters is 1. The zero-order valence-electron chi connectivity index (χ0n) is 22.5. The van der Waals surface area contributed by atoms with Gasteiger partial charge >= 0.3 is 12.1 Å². The summed E-state index contributed by atoms with van der Waals surface area (Å²) >= 11 is 0.